The first-order valence-electron chi connectivity index (χ1n) is 5.01. The molecule has 0 unspecified atom stereocenters. The number of hydrogen-bond donors (Lipinski definition) is 2. The lowest BCUT2D eigenvalue weighted by Gasteiger charge is -2.05. The lowest BCUT2D eigenvalue weighted by Crippen LogP contribution is -2.05. The molecule has 18 heavy (non-hydrogen) atoms. The summed E-state index contributed by atoms with van der Waals surface area (Å²) in [6.07, 6.45) is 2.79. The SMILES string of the molecule is COC(=O)CC=Cc1cc(F)cc(C(=O)O)c1N. The number of ether oxygens (including phenoxy) is 1. The predicted octanol–water partition coefficient (Wildman–Crippen LogP) is 1.68. The first-order chi connectivity index (χ1) is 8.45. The van der Waals surface area contributed by atoms with Crippen LogP contribution in [-0.2, 0) is 9.53 Å². The van der Waals surface area contributed by atoms with Crippen LogP contribution in [0.25, 0.3) is 6.08 Å². The average molecular weight is 253 g/mol. The largest absolute Gasteiger partial charge is 0.478 e. The third-order valence-electron chi connectivity index (χ3n) is 2.22. The second kappa shape index (κ2) is 5.81. The van der Waals surface area contributed by atoms with Gasteiger partial charge in [0, 0.05) is 5.56 Å². The molecule has 0 aromatic heterocycles. The summed E-state index contributed by atoms with van der Waals surface area (Å²) < 4.78 is 17.6. The van der Waals surface area contributed by atoms with Crippen molar-refractivity contribution in [2.75, 3.05) is 12.8 Å². The standard InChI is InChI=1S/C12H12FNO4/c1-18-10(15)4-2-3-7-5-8(13)6-9(11(7)14)12(16)17/h2-3,5-6H,4,14H2,1H3,(H,16,17). The Bertz CT molecular complexity index is 511. The van der Waals surface area contributed by atoms with Crippen LogP contribution in [0.4, 0.5) is 10.1 Å². The third kappa shape index (κ3) is 3.31. The van der Waals surface area contributed by atoms with E-state index in [1.54, 1.807) is 0 Å². The van der Waals surface area contributed by atoms with E-state index in [2.05, 4.69) is 4.74 Å². The Kier molecular flexibility index (Phi) is 4.42. The molecule has 1 rings (SSSR count). The van der Waals surface area contributed by atoms with E-state index in [0.29, 0.717) is 0 Å². The van der Waals surface area contributed by atoms with Gasteiger partial charge in [-0.1, -0.05) is 12.2 Å². The van der Waals surface area contributed by atoms with Crippen LogP contribution in [0.2, 0.25) is 0 Å². The van der Waals surface area contributed by atoms with E-state index in [1.807, 2.05) is 0 Å². The molecule has 0 atom stereocenters. The van der Waals surface area contributed by atoms with E-state index < -0.39 is 17.8 Å². The second-order valence-corrected chi connectivity index (χ2v) is 3.44. The van der Waals surface area contributed by atoms with Gasteiger partial charge in [0.25, 0.3) is 0 Å². The number of carbonyl (C=O) groups is 2. The fraction of sp³-hybridized carbons (Fsp3) is 0.167. The van der Waals surface area contributed by atoms with Crippen molar-refractivity contribution in [3.8, 4) is 0 Å². The molecule has 0 heterocycles. The van der Waals surface area contributed by atoms with Gasteiger partial charge in [0.05, 0.1) is 24.8 Å². The molecule has 5 nitrogen and oxygen atoms in total. The minimum atomic E-state index is -1.31. The number of aromatic carboxylic acids is 1. The van der Waals surface area contributed by atoms with E-state index in [-0.39, 0.29) is 23.2 Å². The smallest absolute Gasteiger partial charge is 0.337 e. The van der Waals surface area contributed by atoms with Crippen molar-refractivity contribution in [3.05, 3.63) is 35.2 Å². The highest BCUT2D eigenvalue weighted by molar-refractivity contribution is 5.95. The molecule has 0 radical (unpaired) electrons. The first kappa shape index (κ1) is 13.7. The number of methoxy groups -OCH3 is 1. The fourth-order valence-corrected chi connectivity index (χ4v) is 1.32. The van der Waals surface area contributed by atoms with Gasteiger partial charge < -0.3 is 15.6 Å². The molecule has 1 aromatic carbocycles. The number of anilines is 1. The van der Waals surface area contributed by atoms with E-state index in [9.17, 15) is 14.0 Å². The molecular formula is C12H12FNO4. The van der Waals surface area contributed by atoms with Gasteiger partial charge in [-0.05, 0) is 12.1 Å². The van der Waals surface area contributed by atoms with E-state index in [1.165, 1.54) is 19.3 Å². The molecule has 1 aromatic rings. The van der Waals surface area contributed by atoms with Crippen molar-refractivity contribution >= 4 is 23.7 Å². The minimum absolute atomic E-state index is 0.00510. The van der Waals surface area contributed by atoms with Gasteiger partial charge in [-0.3, -0.25) is 4.79 Å². The van der Waals surface area contributed by atoms with Crippen LogP contribution in [0.15, 0.2) is 18.2 Å². The van der Waals surface area contributed by atoms with E-state index in [0.717, 1.165) is 12.1 Å². The van der Waals surface area contributed by atoms with E-state index in [4.69, 9.17) is 10.8 Å². The van der Waals surface area contributed by atoms with Gasteiger partial charge >= 0.3 is 11.9 Å². The molecule has 0 saturated carbocycles. The normalized spacial score (nSPS) is 10.6. The summed E-state index contributed by atoms with van der Waals surface area (Å²) in [7, 11) is 1.25. The summed E-state index contributed by atoms with van der Waals surface area (Å²) in [5.74, 6) is -2.48. The topological polar surface area (TPSA) is 89.6 Å². The van der Waals surface area contributed by atoms with Crippen LogP contribution in [0.3, 0.4) is 0 Å². The predicted molar refractivity (Wildman–Crippen MR) is 63.4 cm³/mol. The molecule has 96 valence electrons. The molecule has 0 bridgehead atoms. The number of nitrogens with two attached hydrogens (primary N) is 1. The highest BCUT2D eigenvalue weighted by Crippen LogP contribution is 2.21. The summed E-state index contributed by atoms with van der Waals surface area (Å²) in [6, 6.07) is 1.94. The average Bonchev–Trinajstić information content (AvgIpc) is 2.32. The second-order valence-electron chi connectivity index (χ2n) is 3.44. The maximum absolute atomic E-state index is 13.2. The van der Waals surface area contributed by atoms with Gasteiger partial charge in [0.2, 0.25) is 0 Å². The zero-order chi connectivity index (χ0) is 13.7. The molecular weight excluding hydrogens is 241 g/mol. The number of nitrogen functional groups attached to an aromatic ring is 1. The van der Waals surface area contributed by atoms with Gasteiger partial charge in [-0.15, -0.1) is 0 Å². The number of esters is 1. The van der Waals surface area contributed by atoms with Crippen molar-refractivity contribution in [3.63, 3.8) is 0 Å². The number of carboxylic acid groups (broad SMARTS) is 1. The van der Waals surface area contributed by atoms with Gasteiger partial charge in [-0.2, -0.15) is 0 Å². The molecule has 3 N–H and O–H groups in total. The quantitative estimate of drug-likeness (QED) is 0.629. The van der Waals surface area contributed by atoms with Crippen molar-refractivity contribution in [1.82, 2.24) is 0 Å². The summed E-state index contributed by atoms with van der Waals surface area (Å²) in [5, 5.41) is 8.82. The lowest BCUT2D eigenvalue weighted by molar-refractivity contribution is -0.139. The molecule has 0 saturated heterocycles. The number of hydrogen-bond acceptors (Lipinski definition) is 4. The van der Waals surface area contributed by atoms with Crippen molar-refractivity contribution in [2.24, 2.45) is 0 Å². The molecule has 6 heteroatoms. The Morgan fingerprint density at radius 3 is 2.72 bits per heavy atom. The summed E-state index contributed by atoms with van der Waals surface area (Å²) in [5.41, 5.74) is 5.43. The van der Waals surface area contributed by atoms with Gasteiger partial charge in [-0.25, -0.2) is 9.18 Å². The lowest BCUT2D eigenvalue weighted by atomic mass is 10.1. The maximum atomic E-state index is 13.2. The van der Waals surface area contributed by atoms with Crippen LogP contribution >= 0.6 is 0 Å². The van der Waals surface area contributed by atoms with Crippen LogP contribution < -0.4 is 5.73 Å². The fourth-order valence-electron chi connectivity index (χ4n) is 1.32. The molecule has 0 amide bonds. The molecule has 0 aliphatic rings. The third-order valence-corrected chi connectivity index (χ3v) is 2.22. The molecule has 0 fully saturated rings. The van der Waals surface area contributed by atoms with Gasteiger partial charge in [0.1, 0.15) is 5.82 Å². The number of rotatable bonds is 4. The van der Waals surface area contributed by atoms with Crippen LogP contribution in [0.1, 0.15) is 22.3 Å². The number of benzene rings is 1. The van der Waals surface area contributed by atoms with Crippen molar-refractivity contribution in [1.29, 1.82) is 0 Å². The number of carbonyl (C=O) groups excluding carboxylic acids is 1. The Hall–Kier alpha value is -2.37. The highest BCUT2D eigenvalue weighted by Gasteiger charge is 2.12. The monoisotopic (exact) mass is 253 g/mol. The van der Waals surface area contributed by atoms with Gasteiger partial charge in [0.15, 0.2) is 0 Å². The first-order valence-corrected chi connectivity index (χ1v) is 5.01. The molecule has 0 aliphatic carbocycles. The zero-order valence-corrected chi connectivity index (χ0v) is 9.64. The Morgan fingerprint density at radius 2 is 2.17 bits per heavy atom. The van der Waals surface area contributed by atoms with Crippen LogP contribution in [-0.4, -0.2) is 24.2 Å². The molecule has 0 aliphatic heterocycles. The van der Waals surface area contributed by atoms with E-state index >= 15 is 0 Å². The summed E-state index contributed by atoms with van der Waals surface area (Å²) in [6.45, 7) is 0. The zero-order valence-electron chi connectivity index (χ0n) is 9.64. The van der Waals surface area contributed by atoms with Crippen LogP contribution in [0, 0.1) is 5.82 Å². The summed E-state index contributed by atoms with van der Waals surface area (Å²) in [4.78, 5) is 21.7. The Labute approximate surface area is 103 Å². The van der Waals surface area contributed by atoms with Crippen molar-refractivity contribution in [2.45, 2.75) is 6.42 Å². The molecule has 0 spiro atoms. The Morgan fingerprint density at radius 1 is 1.50 bits per heavy atom. The van der Waals surface area contributed by atoms with Crippen molar-refractivity contribution < 1.29 is 23.8 Å². The Balaban J connectivity index is 3.02. The number of carboxylic acids is 1. The summed E-state index contributed by atoms with van der Waals surface area (Å²) >= 11 is 0. The maximum Gasteiger partial charge on any atom is 0.337 e. The highest BCUT2D eigenvalue weighted by atomic mass is 19.1. The number of halogens is 1. The minimum Gasteiger partial charge on any atom is -0.478 e. The van der Waals surface area contributed by atoms with Crippen LogP contribution in [0.5, 0.6) is 0 Å².